The highest BCUT2D eigenvalue weighted by atomic mass is 79.9. The molecule has 118 valence electrons. The van der Waals surface area contributed by atoms with E-state index >= 15 is 0 Å². The quantitative estimate of drug-likeness (QED) is 0.770. The van der Waals surface area contributed by atoms with E-state index < -0.39 is 21.4 Å². The average Bonchev–Trinajstić information content (AvgIpc) is 2.78. The summed E-state index contributed by atoms with van der Waals surface area (Å²) in [6.07, 6.45) is 3.61. The van der Waals surface area contributed by atoms with Crippen LogP contribution in [0.1, 0.15) is 32.1 Å². The van der Waals surface area contributed by atoms with Crippen LogP contribution in [0.25, 0.3) is 0 Å². The molecule has 1 aromatic rings. The molecule has 21 heavy (non-hydrogen) atoms. The lowest BCUT2D eigenvalue weighted by Gasteiger charge is -2.33. The summed E-state index contributed by atoms with van der Waals surface area (Å²) < 4.78 is 27.5. The van der Waals surface area contributed by atoms with Crippen LogP contribution < -0.4 is 4.72 Å². The molecule has 0 saturated heterocycles. The van der Waals surface area contributed by atoms with Gasteiger partial charge in [-0.2, -0.15) is 0 Å². The Bertz CT molecular complexity index is 618. The van der Waals surface area contributed by atoms with Crippen molar-refractivity contribution in [1.82, 2.24) is 4.72 Å². The zero-order valence-electron chi connectivity index (χ0n) is 11.1. The molecule has 1 aromatic heterocycles. The van der Waals surface area contributed by atoms with E-state index in [1.807, 2.05) is 0 Å². The molecule has 0 aliphatic heterocycles. The highest BCUT2D eigenvalue weighted by Gasteiger charge is 2.40. The number of hydrogen-bond donors (Lipinski definition) is 2. The summed E-state index contributed by atoms with van der Waals surface area (Å²) >= 11 is 10.0. The molecule has 1 aliphatic carbocycles. The van der Waals surface area contributed by atoms with Crippen molar-refractivity contribution in [2.45, 2.75) is 36.3 Å². The maximum atomic E-state index is 12.2. The Morgan fingerprint density at radius 1 is 1.43 bits per heavy atom. The first-order valence-electron chi connectivity index (χ1n) is 6.45. The molecule has 0 unspecified atom stereocenters. The number of rotatable bonds is 5. The third-order valence-electron chi connectivity index (χ3n) is 3.75. The fraction of sp³-hybridized carbons (Fsp3) is 0.583. The van der Waals surface area contributed by atoms with Crippen LogP contribution in [0, 0.1) is 5.41 Å². The number of aliphatic carboxylic acids is 1. The Morgan fingerprint density at radius 3 is 2.52 bits per heavy atom. The van der Waals surface area contributed by atoms with Gasteiger partial charge in [0.15, 0.2) is 0 Å². The molecule has 5 nitrogen and oxygen atoms in total. The van der Waals surface area contributed by atoms with Crippen molar-refractivity contribution in [3.05, 3.63) is 14.9 Å². The molecule has 1 aliphatic rings. The molecule has 0 aromatic carbocycles. The number of carboxylic acid groups (broad SMARTS) is 1. The minimum absolute atomic E-state index is 0.0794. The van der Waals surface area contributed by atoms with E-state index in [4.69, 9.17) is 11.6 Å². The van der Waals surface area contributed by atoms with Gasteiger partial charge in [0.2, 0.25) is 10.0 Å². The van der Waals surface area contributed by atoms with Gasteiger partial charge in [-0.25, -0.2) is 13.1 Å². The smallest absolute Gasteiger partial charge is 0.310 e. The van der Waals surface area contributed by atoms with Gasteiger partial charge in [0.1, 0.15) is 4.21 Å². The van der Waals surface area contributed by atoms with E-state index in [2.05, 4.69) is 20.7 Å². The van der Waals surface area contributed by atoms with Crippen LogP contribution in [0.3, 0.4) is 0 Å². The Balaban J connectivity index is 2.15. The van der Waals surface area contributed by atoms with E-state index in [1.165, 1.54) is 6.07 Å². The van der Waals surface area contributed by atoms with Crippen LogP contribution in [0.15, 0.2) is 14.1 Å². The number of thiophene rings is 1. The lowest BCUT2D eigenvalue weighted by Crippen LogP contribution is -2.44. The van der Waals surface area contributed by atoms with E-state index in [-0.39, 0.29) is 10.8 Å². The monoisotopic (exact) mass is 415 g/mol. The van der Waals surface area contributed by atoms with Crippen molar-refractivity contribution in [2.24, 2.45) is 5.41 Å². The van der Waals surface area contributed by atoms with Crippen LogP contribution in [-0.2, 0) is 14.8 Å². The lowest BCUT2D eigenvalue weighted by atomic mass is 9.74. The number of halogens is 2. The largest absolute Gasteiger partial charge is 0.481 e. The minimum atomic E-state index is -3.74. The second-order valence-electron chi connectivity index (χ2n) is 5.16. The molecule has 2 rings (SSSR count). The summed E-state index contributed by atoms with van der Waals surface area (Å²) in [7, 11) is -3.74. The summed E-state index contributed by atoms with van der Waals surface area (Å²) in [5.41, 5.74) is -0.996. The second kappa shape index (κ2) is 6.54. The van der Waals surface area contributed by atoms with Gasteiger partial charge >= 0.3 is 5.97 Å². The molecule has 1 fully saturated rings. The molecule has 0 amide bonds. The first-order valence-corrected chi connectivity index (χ1v) is 9.92. The summed E-state index contributed by atoms with van der Waals surface area (Å²) in [5, 5.41) is 9.77. The number of nitrogens with one attached hydrogen (secondary N) is 1. The molecule has 0 radical (unpaired) electrons. The molecule has 0 spiro atoms. The third-order valence-corrected chi connectivity index (χ3v) is 8.10. The van der Waals surface area contributed by atoms with Crippen LogP contribution in [0.2, 0.25) is 5.02 Å². The molecule has 9 heteroatoms. The number of carbonyl (C=O) groups is 1. The van der Waals surface area contributed by atoms with Gasteiger partial charge in [0.25, 0.3) is 0 Å². The van der Waals surface area contributed by atoms with Crippen molar-refractivity contribution in [3.8, 4) is 0 Å². The fourth-order valence-electron chi connectivity index (χ4n) is 2.46. The number of carboxylic acids is 1. The predicted octanol–water partition coefficient (Wildman–Crippen LogP) is 3.48. The van der Waals surface area contributed by atoms with Gasteiger partial charge in [-0.05, 0) is 34.8 Å². The van der Waals surface area contributed by atoms with E-state index in [0.29, 0.717) is 21.7 Å². The van der Waals surface area contributed by atoms with Crippen molar-refractivity contribution in [3.63, 3.8) is 0 Å². The molecule has 2 N–H and O–H groups in total. The maximum absolute atomic E-state index is 12.2. The summed E-state index contributed by atoms with van der Waals surface area (Å²) in [5.74, 6) is -0.935. The molecule has 1 heterocycles. The Labute approximate surface area is 140 Å². The first-order chi connectivity index (χ1) is 9.77. The van der Waals surface area contributed by atoms with Gasteiger partial charge in [0.05, 0.1) is 14.2 Å². The van der Waals surface area contributed by atoms with Crippen molar-refractivity contribution in [2.75, 3.05) is 6.54 Å². The number of sulfonamides is 1. The second-order valence-corrected chi connectivity index (χ2v) is 9.93. The SMILES string of the molecule is O=C(O)C1(CNS(=O)(=O)c2cc(Cl)c(Br)s2)CCCCC1. The van der Waals surface area contributed by atoms with Gasteiger partial charge in [0, 0.05) is 6.54 Å². The molecular weight excluding hydrogens is 402 g/mol. The summed E-state index contributed by atoms with van der Waals surface area (Å²) in [6.45, 7) is -0.0855. The average molecular weight is 417 g/mol. The first kappa shape index (κ1) is 17.2. The van der Waals surface area contributed by atoms with Crippen molar-refractivity contribution in [1.29, 1.82) is 0 Å². The standard InChI is InChI=1S/C12H15BrClNO4S2/c13-10-8(14)6-9(20-10)21(18,19)15-7-12(11(16)17)4-2-1-3-5-12/h6,15H,1-5,7H2,(H,16,17). The maximum Gasteiger partial charge on any atom is 0.310 e. The topological polar surface area (TPSA) is 83.5 Å². The normalized spacial score (nSPS) is 18.6. The van der Waals surface area contributed by atoms with E-state index in [1.54, 1.807) is 0 Å². The predicted molar refractivity (Wildman–Crippen MR) is 85.4 cm³/mol. The molecular formula is C12H15BrClNO4S2. The molecule has 0 atom stereocenters. The van der Waals surface area contributed by atoms with E-state index in [0.717, 1.165) is 30.6 Å². The Hall–Kier alpha value is -0.150. The van der Waals surface area contributed by atoms with Crippen molar-refractivity contribution < 1.29 is 18.3 Å². The summed E-state index contributed by atoms with van der Waals surface area (Å²) in [4.78, 5) is 11.5. The number of hydrogen-bond acceptors (Lipinski definition) is 4. The third kappa shape index (κ3) is 3.79. The van der Waals surface area contributed by atoms with Crippen molar-refractivity contribution >= 4 is 54.9 Å². The summed E-state index contributed by atoms with van der Waals surface area (Å²) in [6, 6.07) is 1.35. The Morgan fingerprint density at radius 2 is 2.05 bits per heavy atom. The van der Waals surface area contributed by atoms with Crippen LogP contribution in [0.5, 0.6) is 0 Å². The zero-order chi connectivity index (χ0) is 15.7. The van der Waals surface area contributed by atoms with E-state index in [9.17, 15) is 18.3 Å². The van der Waals surface area contributed by atoms with Crippen LogP contribution in [-0.4, -0.2) is 26.0 Å². The highest BCUT2D eigenvalue weighted by molar-refractivity contribution is 9.11. The van der Waals surface area contributed by atoms with Gasteiger partial charge < -0.3 is 5.11 Å². The fourth-order valence-corrected chi connectivity index (χ4v) is 6.03. The Kier molecular flexibility index (Phi) is 5.36. The van der Waals surface area contributed by atoms with Crippen LogP contribution >= 0.6 is 38.9 Å². The lowest BCUT2D eigenvalue weighted by molar-refractivity contribution is -0.150. The van der Waals surface area contributed by atoms with Gasteiger partial charge in [-0.15, -0.1) is 11.3 Å². The molecule has 0 bridgehead atoms. The highest BCUT2D eigenvalue weighted by Crippen LogP contribution is 2.37. The zero-order valence-corrected chi connectivity index (χ0v) is 15.0. The van der Waals surface area contributed by atoms with Crippen LogP contribution in [0.4, 0.5) is 0 Å². The molecule has 1 saturated carbocycles. The minimum Gasteiger partial charge on any atom is -0.481 e. The van der Waals surface area contributed by atoms with Gasteiger partial charge in [-0.3, -0.25) is 4.79 Å². The van der Waals surface area contributed by atoms with Gasteiger partial charge in [-0.1, -0.05) is 30.9 Å².